The van der Waals surface area contributed by atoms with Crippen LogP contribution in [0.5, 0.6) is 0 Å². The fourth-order valence-corrected chi connectivity index (χ4v) is 12.2. The summed E-state index contributed by atoms with van der Waals surface area (Å²) in [7, 11) is -7.18. The van der Waals surface area contributed by atoms with E-state index in [0.29, 0.717) is 82.3 Å². The number of sulfonamides is 2. The second kappa shape index (κ2) is 17.4. The van der Waals surface area contributed by atoms with Crippen molar-refractivity contribution in [2.75, 3.05) is 19.7 Å². The smallest absolute Gasteiger partial charge is 0.238 e. The molecule has 0 radical (unpaired) electrons. The van der Waals surface area contributed by atoms with E-state index < -0.39 is 37.4 Å². The van der Waals surface area contributed by atoms with E-state index in [1.807, 2.05) is 20.0 Å². The predicted molar refractivity (Wildman–Crippen MR) is 184 cm³/mol. The molecule has 2 unspecified atom stereocenters. The largest absolute Gasteiger partial charge is 0.395 e. The van der Waals surface area contributed by atoms with Crippen molar-refractivity contribution in [2.45, 2.75) is 159 Å². The maximum absolute atomic E-state index is 13.7. The van der Waals surface area contributed by atoms with Crippen molar-refractivity contribution in [2.24, 2.45) is 17.8 Å². The summed E-state index contributed by atoms with van der Waals surface area (Å²) in [5, 5.41) is 15.9. The number of hydrogen-bond donors (Lipinski definition) is 4. The Bertz CT molecular complexity index is 1210. The van der Waals surface area contributed by atoms with Gasteiger partial charge in [-0.2, -0.15) is 4.31 Å². The van der Waals surface area contributed by atoms with Gasteiger partial charge in [0, 0.05) is 31.1 Å². The molecule has 0 aromatic rings. The molecule has 4 rings (SSSR count). The van der Waals surface area contributed by atoms with Gasteiger partial charge in [0.05, 0.1) is 17.1 Å². The first-order valence-electron chi connectivity index (χ1n) is 18.3. The minimum absolute atomic E-state index is 0.133. The highest BCUT2D eigenvalue weighted by atomic mass is 32.2. The molecule has 10 nitrogen and oxygen atoms in total. The number of carbonyl (C=O) groups is 1. The molecule has 3 fully saturated rings. The zero-order valence-corrected chi connectivity index (χ0v) is 30.2. The van der Waals surface area contributed by atoms with E-state index in [2.05, 4.69) is 22.3 Å². The minimum atomic E-state index is -3.64. The van der Waals surface area contributed by atoms with Gasteiger partial charge < -0.3 is 15.7 Å². The van der Waals surface area contributed by atoms with Crippen LogP contribution in [0.15, 0.2) is 11.8 Å². The fourth-order valence-electron chi connectivity index (χ4n) is 8.10. The third-order valence-corrected chi connectivity index (χ3v) is 15.3. The van der Waals surface area contributed by atoms with Gasteiger partial charge in [-0.25, -0.2) is 21.6 Å². The number of amides is 1. The topological polar surface area (TPSA) is 145 Å². The average Bonchev–Trinajstić information content (AvgIpc) is 3.44. The highest BCUT2D eigenvalue weighted by Gasteiger charge is 2.39. The SMILES string of the molecule is CC(C)CN([C@H](CO)CCCCNC(=O)[C@H](CC1=CNC2CCCCC12)NS(=O)(=O)C1CCCCC1)S(=O)(=O)C1CCC(C)CC1. The minimum Gasteiger partial charge on any atom is -0.395 e. The first kappa shape index (κ1) is 37.6. The number of carbonyl (C=O) groups excluding carboxylic acids is 1. The molecule has 0 aromatic carbocycles. The Kier molecular flexibility index (Phi) is 14.3. The monoisotopic (exact) mass is 686 g/mol. The second-order valence-electron chi connectivity index (χ2n) is 15.1. The van der Waals surface area contributed by atoms with Crippen LogP contribution in [0.25, 0.3) is 0 Å². The lowest BCUT2D eigenvalue weighted by atomic mass is 9.80. The van der Waals surface area contributed by atoms with Crippen molar-refractivity contribution >= 4 is 26.0 Å². The number of nitrogens with zero attached hydrogens (tertiary/aromatic N) is 1. The van der Waals surface area contributed by atoms with Crippen LogP contribution < -0.4 is 15.4 Å². The van der Waals surface area contributed by atoms with Crippen LogP contribution in [0.2, 0.25) is 0 Å². The molecule has 0 spiro atoms. The molecule has 4 N–H and O–H groups in total. The van der Waals surface area contributed by atoms with Gasteiger partial charge in [-0.3, -0.25) is 4.79 Å². The lowest BCUT2D eigenvalue weighted by Crippen LogP contribution is -2.50. The van der Waals surface area contributed by atoms with E-state index in [-0.39, 0.29) is 23.7 Å². The van der Waals surface area contributed by atoms with E-state index in [9.17, 15) is 26.7 Å². The van der Waals surface area contributed by atoms with Crippen molar-refractivity contribution in [1.82, 2.24) is 19.7 Å². The zero-order valence-electron chi connectivity index (χ0n) is 28.6. The van der Waals surface area contributed by atoms with Gasteiger partial charge in [0.25, 0.3) is 0 Å². The molecular formula is C34H62N4O6S2. The second-order valence-corrected chi connectivity index (χ2v) is 19.2. The summed E-state index contributed by atoms with van der Waals surface area (Å²) in [5.41, 5.74) is 1.13. The van der Waals surface area contributed by atoms with Crippen molar-refractivity contribution in [1.29, 1.82) is 0 Å². The molecule has 4 atom stereocenters. The maximum atomic E-state index is 13.7. The Balaban J connectivity index is 1.34. The Labute approximate surface area is 279 Å². The van der Waals surface area contributed by atoms with Crippen LogP contribution in [0, 0.1) is 17.8 Å². The first-order chi connectivity index (χ1) is 21.9. The van der Waals surface area contributed by atoms with Crippen LogP contribution in [-0.4, -0.2) is 80.5 Å². The van der Waals surface area contributed by atoms with Gasteiger partial charge in [-0.1, -0.05) is 59.3 Å². The van der Waals surface area contributed by atoms with Crippen LogP contribution in [-0.2, 0) is 24.8 Å². The summed E-state index contributed by atoms with van der Waals surface area (Å²) in [6.45, 7) is 6.68. The van der Waals surface area contributed by atoms with Crippen molar-refractivity contribution in [3.63, 3.8) is 0 Å². The van der Waals surface area contributed by atoms with E-state index in [4.69, 9.17) is 0 Å². The quantitative estimate of drug-likeness (QED) is 0.164. The molecule has 46 heavy (non-hydrogen) atoms. The predicted octanol–water partition coefficient (Wildman–Crippen LogP) is 4.56. The molecule has 12 heteroatoms. The molecule has 266 valence electrons. The zero-order chi connectivity index (χ0) is 33.3. The highest BCUT2D eigenvalue weighted by Crippen LogP contribution is 2.36. The summed E-state index contributed by atoms with van der Waals surface area (Å²) < 4.78 is 58.6. The molecule has 0 saturated heterocycles. The highest BCUT2D eigenvalue weighted by molar-refractivity contribution is 7.90. The average molecular weight is 687 g/mol. The molecule has 3 saturated carbocycles. The van der Waals surface area contributed by atoms with Gasteiger partial charge in [-0.15, -0.1) is 0 Å². The third-order valence-electron chi connectivity index (χ3n) is 10.9. The van der Waals surface area contributed by atoms with Crippen molar-refractivity contribution in [3.8, 4) is 0 Å². The number of unbranched alkanes of at least 4 members (excludes halogenated alkanes) is 1. The normalized spacial score (nSPS) is 27.6. The van der Waals surface area contributed by atoms with Crippen LogP contribution in [0.4, 0.5) is 0 Å². The number of hydrogen-bond acceptors (Lipinski definition) is 7. The van der Waals surface area contributed by atoms with Crippen molar-refractivity contribution < 1.29 is 26.7 Å². The van der Waals surface area contributed by atoms with Gasteiger partial charge >= 0.3 is 0 Å². The summed E-state index contributed by atoms with van der Waals surface area (Å²) in [6, 6.07) is -0.985. The van der Waals surface area contributed by atoms with Gasteiger partial charge in [0.2, 0.25) is 26.0 Å². The van der Waals surface area contributed by atoms with Crippen molar-refractivity contribution in [3.05, 3.63) is 11.8 Å². The Morgan fingerprint density at radius 2 is 1.61 bits per heavy atom. The molecule has 0 aromatic heterocycles. The molecule has 1 amide bonds. The summed E-state index contributed by atoms with van der Waals surface area (Å²) in [6.07, 6.45) is 15.9. The Morgan fingerprint density at radius 1 is 0.935 bits per heavy atom. The lowest BCUT2D eigenvalue weighted by molar-refractivity contribution is -0.122. The number of aliphatic hydroxyl groups is 1. The van der Waals surface area contributed by atoms with Crippen LogP contribution in [0.3, 0.4) is 0 Å². The van der Waals surface area contributed by atoms with E-state index in [0.717, 1.165) is 56.9 Å². The maximum Gasteiger partial charge on any atom is 0.238 e. The number of fused-ring (bicyclic) bond motifs is 1. The van der Waals surface area contributed by atoms with E-state index >= 15 is 0 Å². The fraction of sp³-hybridized carbons (Fsp3) is 0.912. The first-order valence-corrected chi connectivity index (χ1v) is 21.3. The summed E-state index contributed by atoms with van der Waals surface area (Å²) >= 11 is 0. The number of aliphatic hydroxyl groups excluding tert-OH is 1. The number of nitrogens with one attached hydrogen (secondary N) is 3. The molecule has 3 aliphatic carbocycles. The molecule has 1 aliphatic heterocycles. The van der Waals surface area contributed by atoms with E-state index in [1.165, 1.54) is 6.42 Å². The van der Waals surface area contributed by atoms with Gasteiger partial charge in [0.15, 0.2) is 0 Å². The Morgan fingerprint density at radius 3 is 2.28 bits per heavy atom. The Hall–Kier alpha value is -1.21. The molecule has 1 heterocycles. The summed E-state index contributed by atoms with van der Waals surface area (Å²) in [5.74, 6) is 0.718. The summed E-state index contributed by atoms with van der Waals surface area (Å²) in [4.78, 5) is 13.6. The van der Waals surface area contributed by atoms with Crippen LogP contribution in [0.1, 0.15) is 130 Å². The lowest BCUT2D eigenvalue weighted by Gasteiger charge is -2.36. The number of rotatable bonds is 17. The van der Waals surface area contributed by atoms with E-state index in [1.54, 1.807) is 4.31 Å². The van der Waals surface area contributed by atoms with Gasteiger partial charge in [0.1, 0.15) is 6.04 Å². The standard InChI is InChI=1S/C34H62N4O6S2/c1-25(2)23-38(46(43,44)30-18-16-26(3)17-19-30)28(24-39)11-9-10-20-35-34(40)33(37-45(41,42)29-12-5-4-6-13-29)21-27-22-36-32-15-8-7-14-31(27)32/h22,25-26,28-33,36-37,39H,4-21,23-24H2,1-3H3,(H,35,40)/t26?,28-,30?,31?,32?,33-/m0/s1. The third kappa shape index (κ3) is 10.2. The molecular weight excluding hydrogens is 625 g/mol. The van der Waals surface area contributed by atoms with Crippen LogP contribution >= 0.6 is 0 Å². The molecule has 0 bridgehead atoms. The van der Waals surface area contributed by atoms with Gasteiger partial charge in [-0.05, 0) is 94.2 Å². The molecule has 4 aliphatic rings.